The molecule has 4 nitrogen and oxygen atoms in total. The Morgan fingerprint density at radius 3 is 2.67 bits per heavy atom. The van der Waals surface area contributed by atoms with Crippen molar-refractivity contribution in [2.45, 2.75) is 38.6 Å². The fourth-order valence-electron chi connectivity index (χ4n) is 3.54. The van der Waals surface area contributed by atoms with E-state index in [4.69, 9.17) is 5.11 Å². The lowest BCUT2D eigenvalue weighted by molar-refractivity contribution is -0.133. The predicted octanol–water partition coefficient (Wildman–Crippen LogP) is 1.75. The maximum Gasteiger partial charge on any atom is 0.313 e. The van der Waals surface area contributed by atoms with Gasteiger partial charge in [-0.1, -0.05) is 6.42 Å². The molecule has 4 atom stereocenters. The van der Waals surface area contributed by atoms with Crippen LogP contribution in [0.1, 0.15) is 32.6 Å². The largest absolute Gasteiger partial charge is 0.481 e. The molecule has 0 aliphatic heterocycles. The highest BCUT2D eigenvalue weighted by atomic mass is 32.2. The molecule has 0 spiro atoms. The average molecular weight is 271 g/mol. The number of amides is 1. The highest BCUT2D eigenvalue weighted by Gasteiger charge is 2.42. The number of carboxylic acid groups (broad SMARTS) is 1. The number of fused-ring (bicyclic) bond motifs is 2. The number of rotatable bonds is 6. The van der Waals surface area contributed by atoms with Crippen LogP contribution in [0.25, 0.3) is 0 Å². The van der Waals surface area contributed by atoms with E-state index in [9.17, 15) is 9.59 Å². The molecule has 0 unspecified atom stereocenters. The molecule has 2 saturated carbocycles. The average Bonchev–Trinajstić information content (AvgIpc) is 2.89. The summed E-state index contributed by atoms with van der Waals surface area (Å²) < 4.78 is 0. The van der Waals surface area contributed by atoms with E-state index in [1.807, 2.05) is 0 Å². The van der Waals surface area contributed by atoms with Crippen molar-refractivity contribution in [1.82, 2.24) is 5.32 Å². The highest BCUT2D eigenvalue weighted by molar-refractivity contribution is 8.00. The molecule has 2 aliphatic carbocycles. The first-order chi connectivity index (χ1) is 8.56. The number of nitrogens with one attached hydrogen (secondary N) is 1. The summed E-state index contributed by atoms with van der Waals surface area (Å²) in [6, 6.07) is 0.234. The second-order valence-electron chi connectivity index (χ2n) is 5.58. The summed E-state index contributed by atoms with van der Waals surface area (Å²) in [5.74, 6) is 1.67. The summed E-state index contributed by atoms with van der Waals surface area (Å²) in [6.07, 6.45) is 5.30. The maximum atomic E-state index is 11.7. The summed E-state index contributed by atoms with van der Waals surface area (Å²) in [7, 11) is 0. The molecule has 2 bridgehead atoms. The van der Waals surface area contributed by atoms with Crippen LogP contribution >= 0.6 is 11.8 Å². The van der Waals surface area contributed by atoms with Crippen LogP contribution in [0.2, 0.25) is 0 Å². The monoisotopic (exact) mass is 271 g/mol. The van der Waals surface area contributed by atoms with Crippen molar-refractivity contribution in [3.63, 3.8) is 0 Å². The molecule has 2 N–H and O–H groups in total. The number of hydrogen-bond acceptors (Lipinski definition) is 3. The fraction of sp³-hybridized carbons (Fsp3) is 0.846. The Morgan fingerprint density at radius 1 is 1.33 bits per heavy atom. The zero-order valence-electron chi connectivity index (χ0n) is 10.7. The van der Waals surface area contributed by atoms with E-state index >= 15 is 0 Å². The van der Waals surface area contributed by atoms with E-state index in [1.165, 1.54) is 25.7 Å². The van der Waals surface area contributed by atoms with Crippen molar-refractivity contribution < 1.29 is 14.7 Å². The predicted molar refractivity (Wildman–Crippen MR) is 71.5 cm³/mol. The maximum absolute atomic E-state index is 11.7. The van der Waals surface area contributed by atoms with Crippen LogP contribution < -0.4 is 5.32 Å². The number of aliphatic carboxylic acids is 1. The summed E-state index contributed by atoms with van der Waals surface area (Å²) in [5, 5.41) is 11.5. The number of thioether (sulfide) groups is 1. The number of carboxylic acids is 1. The minimum absolute atomic E-state index is 0.00404. The van der Waals surface area contributed by atoms with Gasteiger partial charge in [0.25, 0.3) is 0 Å². The van der Waals surface area contributed by atoms with Crippen LogP contribution in [-0.2, 0) is 9.59 Å². The van der Waals surface area contributed by atoms with Crippen LogP contribution in [0.5, 0.6) is 0 Å². The van der Waals surface area contributed by atoms with Crippen molar-refractivity contribution in [2.75, 3.05) is 11.5 Å². The van der Waals surface area contributed by atoms with Crippen molar-refractivity contribution in [1.29, 1.82) is 0 Å². The van der Waals surface area contributed by atoms with Gasteiger partial charge in [-0.15, -0.1) is 11.8 Å². The quantitative estimate of drug-likeness (QED) is 0.772. The normalized spacial score (nSPS) is 31.3. The SMILES string of the molecule is C[C@@H](NC(=O)CSCC(=O)O)[C@@H]1C[C@H]2CC[C@H]1C2. The summed E-state index contributed by atoms with van der Waals surface area (Å²) >= 11 is 1.16. The van der Waals surface area contributed by atoms with Crippen LogP contribution in [0.3, 0.4) is 0 Å². The van der Waals surface area contributed by atoms with E-state index in [0.717, 1.165) is 23.6 Å². The second-order valence-corrected chi connectivity index (χ2v) is 6.57. The lowest BCUT2D eigenvalue weighted by atomic mass is 9.84. The van der Waals surface area contributed by atoms with Crippen LogP contribution in [0.4, 0.5) is 0 Å². The Balaban J connectivity index is 1.69. The molecule has 2 fully saturated rings. The van der Waals surface area contributed by atoms with E-state index in [-0.39, 0.29) is 23.5 Å². The van der Waals surface area contributed by atoms with Gasteiger partial charge in [0.2, 0.25) is 5.91 Å². The molecule has 2 rings (SSSR count). The van der Waals surface area contributed by atoms with Gasteiger partial charge >= 0.3 is 5.97 Å². The van der Waals surface area contributed by atoms with Crippen molar-refractivity contribution >= 4 is 23.6 Å². The van der Waals surface area contributed by atoms with Crippen molar-refractivity contribution in [3.8, 4) is 0 Å². The molecule has 0 aromatic carbocycles. The Kier molecular flexibility index (Phi) is 4.54. The number of carbonyl (C=O) groups excluding carboxylic acids is 1. The molecule has 0 heterocycles. The van der Waals surface area contributed by atoms with E-state index in [1.54, 1.807) is 0 Å². The van der Waals surface area contributed by atoms with Crippen LogP contribution in [-0.4, -0.2) is 34.5 Å². The minimum atomic E-state index is -0.867. The fourth-order valence-corrected chi connectivity index (χ4v) is 4.09. The molecule has 1 amide bonds. The first-order valence-corrected chi connectivity index (χ1v) is 7.80. The van der Waals surface area contributed by atoms with Gasteiger partial charge in [0.1, 0.15) is 0 Å². The zero-order valence-corrected chi connectivity index (χ0v) is 11.5. The molecular weight excluding hydrogens is 250 g/mol. The van der Waals surface area contributed by atoms with E-state index in [0.29, 0.717) is 5.92 Å². The summed E-state index contributed by atoms with van der Waals surface area (Å²) in [6.45, 7) is 2.09. The molecule has 0 saturated heterocycles. The minimum Gasteiger partial charge on any atom is -0.481 e. The summed E-state index contributed by atoms with van der Waals surface area (Å²) in [5.41, 5.74) is 0. The second kappa shape index (κ2) is 5.95. The molecule has 0 aromatic heterocycles. The topological polar surface area (TPSA) is 66.4 Å². The first-order valence-electron chi connectivity index (χ1n) is 6.65. The highest BCUT2D eigenvalue weighted by Crippen LogP contribution is 2.49. The lowest BCUT2D eigenvalue weighted by Crippen LogP contribution is -2.41. The third kappa shape index (κ3) is 3.40. The number of carbonyl (C=O) groups is 2. The first kappa shape index (κ1) is 13.7. The molecule has 18 heavy (non-hydrogen) atoms. The molecule has 0 radical (unpaired) electrons. The number of hydrogen-bond donors (Lipinski definition) is 2. The Hall–Kier alpha value is -0.710. The lowest BCUT2D eigenvalue weighted by Gasteiger charge is -2.28. The third-order valence-electron chi connectivity index (χ3n) is 4.28. The zero-order chi connectivity index (χ0) is 13.1. The van der Waals surface area contributed by atoms with E-state index in [2.05, 4.69) is 12.2 Å². The smallest absolute Gasteiger partial charge is 0.313 e. The van der Waals surface area contributed by atoms with Gasteiger partial charge in [0, 0.05) is 6.04 Å². The third-order valence-corrected chi connectivity index (χ3v) is 5.20. The van der Waals surface area contributed by atoms with Gasteiger partial charge in [-0.05, 0) is 43.9 Å². The molecule has 2 aliphatic rings. The molecule has 5 heteroatoms. The van der Waals surface area contributed by atoms with E-state index < -0.39 is 5.97 Å². The molecule has 102 valence electrons. The molecular formula is C13H21NO3S. The van der Waals surface area contributed by atoms with Crippen LogP contribution in [0.15, 0.2) is 0 Å². The Morgan fingerprint density at radius 2 is 2.11 bits per heavy atom. The van der Waals surface area contributed by atoms with Gasteiger partial charge in [-0.25, -0.2) is 0 Å². The van der Waals surface area contributed by atoms with Gasteiger partial charge in [0.15, 0.2) is 0 Å². The Labute approximate surface area is 112 Å². The summed E-state index contributed by atoms with van der Waals surface area (Å²) in [4.78, 5) is 22.0. The van der Waals surface area contributed by atoms with Gasteiger partial charge < -0.3 is 10.4 Å². The van der Waals surface area contributed by atoms with Crippen molar-refractivity contribution in [2.24, 2.45) is 17.8 Å². The van der Waals surface area contributed by atoms with Crippen LogP contribution in [0, 0.1) is 17.8 Å². The van der Waals surface area contributed by atoms with Gasteiger partial charge in [0.05, 0.1) is 11.5 Å². The molecule has 0 aromatic rings. The van der Waals surface area contributed by atoms with Gasteiger partial charge in [-0.2, -0.15) is 0 Å². The Bertz CT molecular complexity index is 334. The van der Waals surface area contributed by atoms with Gasteiger partial charge in [-0.3, -0.25) is 9.59 Å². The van der Waals surface area contributed by atoms with Crippen molar-refractivity contribution in [3.05, 3.63) is 0 Å². The standard InChI is InChI=1S/C13H21NO3S/c1-8(11-5-9-2-3-10(11)4-9)14-12(15)6-18-7-13(16)17/h8-11H,2-7H2,1H3,(H,14,15)(H,16,17)/t8-,9+,10+,11+/m1/s1.